The molecule has 0 aromatic carbocycles. The Kier molecular flexibility index (Phi) is 4.20. The molecule has 0 aromatic heterocycles. The Bertz CT molecular complexity index is 383. The molecule has 0 N–H and O–H groups in total. The molecular weight excluding hydrogens is 262 g/mol. The van der Waals surface area contributed by atoms with Crippen molar-refractivity contribution in [2.45, 2.75) is 32.2 Å². The van der Waals surface area contributed by atoms with E-state index in [4.69, 9.17) is 14.2 Å². The highest BCUT2D eigenvalue weighted by Crippen LogP contribution is 2.34. The Labute approximate surface area is 115 Å². The molecule has 5 nitrogen and oxygen atoms in total. The molecule has 6 heteroatoms. The Morgan fingerprint density at radius 1 is 1.32 bits per heavy atom. The molecule has 2 heterocycles. The Morgan fingerprint density at radius 2 is 1.95 bits per heavy atom. The summed E-state index contributed by atoms with van der Waals surface area (Å²) in [6, 6.07) is 0. The first-order valence-corrected chi connectivity index (χ1v) is 10.2. The number of rotatable bonds is 3. The molecular formula is C13H23NO4Si. The molecule has 108 valence electrons. The first-order valence-electron chi connectivity index (χ1n) is 6.74. The fourth-order valence-corrected chi connectivity index (χ4v) is 4.10. The van der Waals surface area contributed by atoms with Crippen molar-refractivity contribution in [2.24, 2.45) is 0 Å². The van der Waals surface area contributed by atoms with E-state index in [0.29, 0.717) is 19.6 Å². The molecule has 0 aliphatic carbocycles. The number of hydrogen-bond donors (Lipinski definition) is 0. The summed E-state index contributed by atoms with van der Waals surface area (Å²) in [4.78, 5) is 13.9. The van der Waals surface area contributed by atoms with Gasteiger partial charge in [-0.05, 0) is 5.20 Å². The van der Waals surface area contributed by atoms with Gasteiger partial charge in [-0.2, -0.15) is 0 Å². The highest BCUT2D eigenvalue weighted by Gasteiger charge is 2.40. The molecule has 0 bridgehead atoms. The SMILES string of the molecule is COC(=O)[C@@H]1CC([Si](C)(C)C)=C(N2CCOCC2)O1. The summed E-state index contributed by atoms with van der Waals surface area (Å²) in [6.07, 6.45) is 0.208. The third-order valence-electron chi connectivity index (χ3n) is 3.57. The summed E-state index contributed by atoms with van der Waals surface area (Å²) in [6.45, 7) is 9.95. The summed E-state index contributed by atoms with van der Waals surface area (Å²) in [5.74, 6) is 0.636. The van der Waals surface area contributed by atoms with Crippen LogP contribution in [0.4, 0.5) is 0 Å². The number of nitrogens with zero attached hydrogens (tertiary/aromatic N) is 1. The van der Waals surface area contributed by atoms with Crippen LogP contribution >= 0.6 is 0 Å². The summed E-state index contributed by atoms with van der Waals surface area (Å²) in [5, 5.41) is 1.32. The molecule has 0 spiro atoms. The van der Waals surface area contributed by atoms with Gasteiger partial charge < -0.3 is 19.1 Å². The molecule has 0 saturated carbocycles. The topological polar surface area (TPSA) is 48.0 Å². The van der Waals surface area contributed by atoms with Crippen LogP contribution in [0.5, 0.6) is 0 Å². The van der Waals surface area contributed by atoms with Gasteiger partial charge in [-0.15, -0.1) is 0 Å². The largest absolute Gasteiger partial charge is 0.466 e. The minimum atomic E-state index is -1.51. The monoisotopic (exact) mass is 285 g/mol. The number of carbonyl (C=O) groups excluding carboxylic acids is 1. The Balaban J connectivity index is 2.20. The minimum Gasteiger partial charge on any atom is -0.466 e. The zero-order chi connectivity index (χ0) is 14.0. The first-order chi connectivity index (χ1) is 8.93. The van der Waals surface area contributed by atoms with Crippen LogP contribution in [-0.2, 0) is 19.0 Å². The van der Waals surface area contributed by atoms with Crippen LogP contribution in [0.15, 0.2) is 11.1 Å². The predicted octanol–water partition coefficient (Wildman–Crippen LogP) is 1.37. The number of morpholine rings is 1. The average Bonchev–Trinajstić information content (AvgIpc) is 2.84. The highest BCUT2D eigenvalue weighted by molar-refractivity contribution is 6.83. The maximum Gasteiger partial charge on any atom is 0.347 e. The molecule has 0 unspecified atom stereocenters. The van der Waals surface area contributed by atoms with E-state index in [0.717, 1.165) is 19.0 Å². The molecule has 1 atom stereocenters. The second kappa shape index (κ2) is 5.54. The number of hydrogen-bond acceptors (Lipinski definition) is 5. The van der Waals surface area contributed by atoms with E-state index >= 15 is 0 Å². The third-order valence-corrected chi connectivity index (χ3v) is 5.80. The summed E-state index contributed by atoms with van der Waals surface area (Å²) in [5.41, 5.74) is 0. The molecule has 0 aromatic rings. The van der Waals surface area contributed by atoms with Crippen LogP contribution in [0.3, 0.4) is 0 Å². The van der Waals surface area contributed by atoms with Gasteiger partial charge >= 0.3 is 5.97 Å². The predicted molar refractivity (Wildman–Crippen MR) is 74.3 cm³/mol. The van der Waals surface area contributed by atoms with Gasteiger partial charge in [-0.25, -0.2) is 4.79 Å². The smallest absolute Gasteiger partial charge is 0.347 e. The summed E-state index contributed by atoms with van der Waals surface area (Å²) < 4.78 is 16.1. The van der Waals surface area contributed by atoms with Crippen LogP contribution in [0.1, 0.15) is 6.42 Å². The van der Waals surface area contributed by atoms with Crippen molar-refractivity contribution in [1.82, 2.24) is 4.90 Å². The lowest BCUT2D eigenvalue weighted by atomic mass is 10.3. The van der Waals surface area contributed by atoms with Gasteiger partial charge in [0.2, 0.25) is 6.10 Å². The van der Waals surface area contributed by atoms with Gasteiger partial charge in [0, 0.05) is 19.5 Å². The van der Waals surface area contributed by atoms with Crippen LogP contribution in [-0.4, -0.2) is 58.5 Å². The van der Waals surface area contributed by atoms with Gasteiger partial charge in [0.1, 0.15) is 0 Å². The highest BCUT2D eigenvalue weighted by atomic mass is 28.3. The molecule has 2 aliphatic rings. The summed E-state index contributed by atoms with van der Waals surface area (Å²) in [7, 11) is -0.0979. The lowest BCUT2D eigenvalue weighted by molar-refractivity contribution is -0.151. The second-order valence-corrected chi connectivity index (χ2v) is 11.1. The van der Waals surface area contributed by atoms with Crippen molar-refractivity contribution >= 4 is 14.0 Å². The van der Waals surface area contributed by atoms with E-state index in [1.165, 1.54) is 12.3 Å². The number of esters is 1. The van der Waals surface area contributed by atoms with E-state index < -0.39 is 14.2 Å². The van der Waals surface area contributed by atoms with E-state index in [-0.39, 0.29) is 5.97 Å². The fourth-order valence-electron chi connectivity index (χ4n) is 2.44. The second-order valence-electron chi connectivity index (χ2n) is 5.97. The minimum absolute atomic E-state index is 0.279. The van der Waals surface area contributed by atoms with E-state index in [1.54, 1.807) is 0 Å². The maximum absolute atomic E-state index is 11.7. The van der Waals surface area contributed by atoms with Crippen molar-refractivity contribution in [2.75, 3.05) is 33.4 Å². The lowest BCUT2D eigenvalue weighted by Gasteiger charge is -2.31. The molecule has 1 saturated heterocycles. The van der Waals surface area contributed by atoms with E-state index in [9.17, 15) is 4.79 Å². The number of carbonyl (C=O) groups is 1. The molecule has 0 amide bonds. The Hall–Kier alpha value is -1.01. The van der Waals surface area contributed by atoms with Gasteiger partial charge in [0.25, 0.3) is 0 Å². The molecule has 0 radical (unpaired) electrons. The lowest BCUT2D eigenvalue weighted by Crippen LogP contribution is -2.38. The van der Waals surface area contributed by atoms with E-state index in [2.05, 4.69) is 24.5 Å². The third kappa shape index (κ3) is 3.12. The maximum atomic E-state index is 11.7. The average molecular weight is 285 g/mol. The van der Waals surface area contributed by atoms with Crippen LogP contribution in [0.2, 0.25) is 19.6 Å². The quantitative estimate of drug-likeness (QED) is 0.579. The van der Waals surface area contributed by atoms with Crippen LogP contribution < -0.4 is 0 Å². The molecule has 2 aliphatic heterocycles. The number of methoxy groups -OCH3 is 1. The standard InChI is InChI=1S/C13H23NO4Si/c1-16-13(15)10-9-11(19(2,3)4)12(18-10)14-5-7-17-8-6-14/h10H,5-9H2,1-4H3/t10-/m0/s1. The Morgan fingerprint density at radius 3 is 2.47 bits per heavy atom. The molecule has 1 fully saturated rings. The van der Waals surface area contributed by atoms with Gasteiger partial charge in [0.15, 0.2) is 5.88 Å². The van der Waals surface area contributed by atoms with Crippen molar-refractivity contribution in [3.05, 3.63) is 11.1 Å². The van der Waals surface area contributed by atoms with Crippen LogP contribution in [0.25, 0.3) is 0 Å². The normalized spacial score (nSPS) is 24.4. The van der Waals surface area contributed by atoms with Crippen molar-refractivity contribution in [1.29, 1.82) is 0 Å². The van der Waals surface area contributed by atoms with Gasteiger partial charge in [-0.1, -0.05) is 19.6 Å². The molecule has 2 rings (SSSR count). The van der Waals surface area contributed by atoms with Gasteiger partial charge in [0.05, 0.1) is 28.4 Å². The van der Waals surface area contributed by atoms with Crippen molar-refractivity contribution in [3.8, 4) is 0 Å². The van der Waals surface area contributed by atoms with Crippen molar-refractivity contribution < 1.29 is 19.0 Å². The zero-order valence-corrected chi connectivity index (χ0v) is 13.2. The number of ether oxygens (including phenoxy) is 3. The van der Waals surface area contributed by atoms with Gasteiger partial charge in [-0.3, -0.25) is 0 Å². The first kappa shape index (κ1) is 14.4. The molecule has 19 heavy (non-hydrogen) atoms. The fraction of sp³-hybridized carbons (Fsp3) is 0.769. The zero-order valence-electron chi connectivity index (χ0n) is 12.2. The van der Waals surface area contributed by atoms with Crippen LogP contribution in [0, 0.1) is 0 Å². The van der Waals surface area contributed by atoms with E-state index in [1.807, 2.05) is 0 Å². The summed E-state index contributed by atoms with van der Waals surface area (Å²) >= 11 is 0. The van der Waals surface area contributed by atoms with Crippen molar-refractivity contribution in [3.63, 3.8) is 0 Å².